The standard InChI is InChI=1S/C11H20N2O3/c1-9(2)7-10(15)12-3-5-13(6-4-12)11(16)8-14/h9,14H,3-8H2,1-2H3. The quantitative estimate of drug-likeness (QED) is 0.721. The summed E-state index contributed by atoms with van der Waals surface area (Å²) >= 11 is 0. The van der Waals surface area contributed by atoms with Gasteiger partial charge in [-0.3, -0.25) is 9.59 Å². The third-order valence-electron chi connectivity index (χ3n) is 2.70. The lowest BCUT2D eigenvalue weighted by atomic mass is 10.1. The van der Waals surface area contributed by atoms with Crippen molar-refractivity contribution in [3.05, 3.63) is 0 Å². The molecule has 0 aromatic carbocycles. The number of aliphatic hydroxyl groups excluding tert-OH is 1. The Hall–Kier alpha value is -1.10. The maximum Gasteiger partial charge on any atom is 0.248 e. The van der Waals surface area contributed by atoms with E-state index < -0.39 is 6.61 Å². The molecule has 0 bridgehead atoms. The second kappa shape index (κ2) is 5.84. The SMILES string of the molecule is CC(C)CC(=O)N1CCN(C(=O)CO)CC1. The molecule has 1 heterocycles. The molecule has 0 spiro atoms. The molecule has 0 aromatic heterocycles. The highest BCUT2D eigenvalue weighted by Crippen LogP contribution is 2.08. The molecule has 5 nitrogen and oxygen atoms in total. The number of nitrogens with zero attached hydrogens (tertiary/aromatic N) is 2. The number of carbonyl (C=O) groups excluding carboxylic acids is 2. The summed E-state index contributed by atoms with van der Waals surface area (Å²) in [5.41, 5.74) is 0. The van der Waals surface area contributed by atoms with Crippen LogP contribution in [0.1, 0.15) is 20.3 Å². The Balaban J connectivity index is 2.37. The van der Waals surface area contributed by atoms with Crippen LogP contribution in [0.5, 0.6) is 0 Å². The van der Waals surface area contributed by atoms with E-state index in [0.29, 0.717) is 38.5 Å². The normalized spacial score (nSPS) is 16.8. The van der Waals surface area contributed by atoms with Gasteiger partial charge >= 0.3 is 0 Å². The predicted molar refractivity (Wildman–Crippen MR) is 59.7 cm³/mol. The molecule has 0 saturated carbocycles. The average Bonchev–Trinajstić information content (AvgIpc) is 2.27. The molecule has 16 heavy (non-hydrogen) atoms. The zero-order valence-corrected chi connectivity index (χ0v) is 9.98. The van der Waals surface area contributed by atoms with Gasteiger partial charge in [0.25, 0.3) is 0 Å². The highest BCUT2D eigenvalue weighted by Gasteiger charge is 2.23. The van der Waals surface area contributed by atoms with E-state index in [0.717, 1.165) is 0 Å². The number of hydrogen-bond acceptors (Lipinski definition) is 3. The maximum atomic E-state index is 11.7. The Morgan fingerprint density at radius 1 is 1.06 bits per heavy atom. The van der Waals surface area contributed by atoms with Gasteiger partial charge in [0.15, 0.2) is 0 Å². The molecule has 1 aliphatic heterocycles. The number of hydrogen-bond donors (Lipinski definition) is 1. The first kappa shape index (κ1) is 13.0. The Bertz CT molecular complexity index is 258. The first-order valence-corrected chi connectivity index (χ1v) is 5.71. The molecule has 0 aliphatic carbocycles. The second-order valence-electron chi connectivity index (χ2n) is 4.52. The van der Waals surface area contributed by atoms with E-state index in [1.165, 1.54) is 0 Å². The first-order chi connectivity index (χ1) is 7.54. The van der Waals surface area contributed by atoms with Crippen LogP contribution in [0.3, 0.4) is 0 Å². The van der Waals surface area contributed by atoms with E-state index in [9.17, 15) is 9.59 Å². The largest absolute Gasteiger partial charge is 0.387 e. The molecule has 2 amide bonds. The van der Waals surface area contributed by atoms with Gasteiger partial charge in [-0.1, -0.05) is 13.8 Å². The Morgan fingerprint density at radius 3 is 1.88 bits per heavy atom. The van der Waals surface area contributed by atoms with Gasteiger partial charge in [-0.25, -0.2) is 0 Å². The van der Waals surface area contributed by atoms with Gasteiger partial charge in [-0.2, -0.15) is 0 Å². The van der Waals surface area contributed by atoms with Crippen molar-refractivity contribution in [1.82, 2.24) is 9.80 Å². The predicted octanol–water partition coefficient (Wildman–Crippen LogP) is -0.304. The van der Waals surface area contributed by atoms with Crippen LogP contribution in [0.4, 0.5) is 0 Å². The fraction of sp³-hybridized carbons (Fsp3) is 0.818. The van der Waals surface area contributed by atoms with Crippen molar-refractivity contribution < 1.29 is 14.7 Å². The molecule has 0 aromatic rings. The van der Waals surface area contributed by atoms with Gasteiger partial charge in [0, 0.05) is 32.6 Å². The van der Waals surface area contributed by atoms with Crippen molar-refractivity contribution >= 4 is 11.8 Å². The zero-order chi connectivity index (χ0) is 12.1. The summed E-state index contributed by atoms with van der Waals surface area (Å²) in [6, 6.07) is 0. The van der Waals surface area contributed by atoms with E-state index in [2.05, 4.69) is 0 Å². The van der Waals surface area contributed by atoms with Crippen LogP contribution >= 0.6 is 0 Å². The van der Waals surface area contributed by atoms with Gasteiger partial charge in [-0.05, 0) is 5.92 Å². The summed E-state index contributed by atoms with van der Waals surface area (Å²) in [6.45, 7) is 5.81. The van der Waals surface area contributed by atoms with Crippen molar-refractivity contribution in [2.75, 3.05) is 32.8 Å². The molecule has 1 aliphatic rings. The van der Waals surface area contributed by atoms with Crippen molar-refractivity contribution in [2.24, 2.45) is 5.92 Å². The van der Waals surface area contributed by atoms with Gasteiger partial charge in [0.05, 0.1) is 0 Å². The minimum atomic E-state index is -0.445. The summed E-state index contributed by atoms with van der Waals surface area (Å²) in [5, 5.41) is 8.71. The highest BCUT2D eigenvalue weighted by atomic mass is 16.3. The molecule has 5 heteroatoms. The van der Waals surface area contributed by atoms with Crippen molar-refractivity contribution in [3.63, 3.8) is 0 Å². The lowest BCUT2D eigenvalue weighted by Gasteiger charge is -2.34. The summed E-state index contributed by atoms with van der Waals surface area (Å²) in [5.74, 6) is 0.270. The Morgan fingerprint density at radius 2 is 1.50 bits per heavy atom. The van der Waals surface area contributed by atoms with Crippen LogP contribution in [-0.4, -0.2) is 59.5 Å². The van der Waals surface area contributed by atoms with E-state index in [1.807, 2.05) is 13.8 Å². The van der Waals surface area contributed by atoms with Gasteiger partial charge in [0.2, 0.25) is 11.8 Å². The number of carbonyl (C=O) groups is 2. The number of amides is 2. The summed E-state index contributed by atoms with van der Waals surface area (Å²) in [6.07, 6.45) is 0.563. The molecule has 1 rings (SSSR count). The van der Waals surface area contributed by atoms with Crippen molar-refractivity contribution in [1.29, 1.82) is 0 Å². The number of aliphatic hydroxyl groups is 1. The molecular formula is C11H20N2O3. The van der Waals surface area contributed by atoms with E-state index in [1.54, 1.807) is 9.80 Å². The van der Waals surface area contributed by atoms with E-state index >= 15 is 0 Å². The summed E-state index contributed by atoms with van der Waals surface area (Å²) in [4.78, 5) is 26.3. The van der Waals surface area contributed by atoms with E-state index in [-0.39, 0.29) is 11.8 Å². The summed E-state index contributed by atoms with van der Waals surface area (Å²) in [7, 11) is 0. The van der Waals surface area contributed by atoms with E-state index in [4.69, 9.17) is 5.11 Å². The zero-order valence-electron chi connectivity index (χ0n) is 9.98. The summed E-state index contributed by atoms with van der Waals surface area (Å²) < 4.78 is 0. The first-order valence-electron chi connectivity index (χ1n) is 5.71. The molecule has 1 N–H and O–H groups in total. The molecule has 0 radical (unpaired) electrons. The molecule has 0 atom stereocenters. The van der Waals surface area contributed by atoms with Crippen molar-refractivity contribution in [2.45, 2.75) is 20.3 Å². The fourth-order valence-electron chi connectivity index (χ4n) is 1.78. The number of rotatable bonds is 3. The topological polar surface area (TPSA) is 60.9 Å². The lowest BCUT2D eigenvalue weighted by Crippen LogP contribution is -2.51. The molecule has 0 unspecified atom stereocenters. The van der Waals surface area contributed by atoms with Crippen LogP contribution in [0, 0.1) is 5.92 Å². The Kier molecular flexibility index (Phi) is 4.73. The van der Waals surface area contributed by atoms with Crippen LogP contribution < -0.4 is 0 Å². The lowest BCUT2D eigenvalue weighted by molar-refractivity contribution is -0.141. The third kappa shape index (κ3) is 3.48. The average molecular weight is 228 g/mol. The highest BCUT2D eigenvalue weighted by molar-refractivity contribution is 5.79. The van der Waals surface area contributed by atoms with Crippen LogP contribution in [0.15, 0.2) is 0 Å². The van der Waals surface area contributed by atoms with Crippen molar-refractivity contribution in [3.8, 4) is 0 Å². The second-order valence-corrected chi connectivity index (χ2v) is 4.52. The Labute approximate surface area is 96.0 Å². The molecule has 1 saturated heterocycles. The molecular weight excluding hydrogens is 208 g/mol. The molecule has 1 fully saturated rings. The minimum Gasteiger partial charge on any atom is -0.387 e. The van der Waals surface area contributed by atoms with Crippen LogP contribution in [-0.2, 0) is 9.59 Å². The van der Waals surface area contributed by atoms with Gasteiger partial charge in [-0.15, -0.1) is 0 Å². The van der Waals surface area contributed by atoms with Crippen LogP contribution in [0.25, 0.3) is 0 Å². The van der Waals surface area contributed by atoms with Crippen LogP contribution in [0.2, 0.25) is 0 Å². The monoisotopic (exact) mass is 228 g/mol. The molecule has 92 valence electrons. The van der Waals surface area contributed by atoms with Gasteiger partial charge < -0.3 is 14.9 Å². The maximum absolute atomic E-state index is 11.7. The number of piperazine rings is 1. The smallest absolute Gasteiger partial charge is 0.248 e. The third-order valence-corrected chi connectivity index (χ3v) is 2.70. The minimum absolute atomic E-state index is 0.158. The fourth-order valence-corrected chi connectivity index (χ4v) is 1.78. The van der Waals surface area contributed by atoms with Gasteiger partial charge in [0.1, 0.15) is 6.61 Å².